The number of ether oxygens (including phenoxy) is 2. The van der Waals surface area contributed by atoms with E-state index in [4.69, 9.17) is 24.6 Å². The van der Waals surface area contributed by atoms with Crippen molar-refractivity contribution < 1.29 is 31.0 Å². The molecule has 1 aromatic rings. The van der Waals surface area contributed by atoms with Crippen LogP contribution in [-0.2, 0) is 6.42 Å². The van der Waals surface area contributed by atoms with Gasteiger partial charge in [0.05, 0.1) is 25.7 Å². The molecule has 4 heteroatoms. The SMILES string of the molecule is [2H]C([2H])([2H])Oc1cc2c(cc1OC)CCN1C2([2H])CC(O)C(C([2H])([2H])C([2H])(C)C([2H])([2H])[2H])C1([2H])[2H]. The zero-order valence-corrected chi connectivity index (χ0v) is 13.1. The maximum atomic E-state index is 11.0. The number of aliphatic hydroxyl groups excluding tert-OH is 1. The van der Waals surface area contributed by atoms with Gasteiger partial charge in [-0.3, -0.25) is 4.90 Å². The first-order valence-electron chi connectivity index (χ1n) is 13.5. The summed E-state index contributed by atoms with van der Waals surface area (Å²) in [6.07, 6.45) is -5.18. The van der Waals surface area contributed by atoms with Crippen molar-refractivity contribution in [2.24, 2.45) is 11.8 Å². The Labute approximate surface area is 156 Å². The minimum atomic E-state index is -3.12. The van der Waals surface area contributed by atoms with Gasteiger partial charge in [-0.15, -0.1) is 0 Å². The van der Waals surface area contributed by atoms with Gasteiger partial charge in [0.25, 0.3) is 0 Å². The first-order valence-corrected chi connectivity index (χ1v) is 7.47. The minimum Gasteiger partial charge on any atom is -0.493 e. The summed E-state index contributed by atoms with van der Waals surface area (Å²) in [6, 6.07) is 0.794. The van der Waals surface area contributed by atoms with Gasteiger partial charge in [0, 0.05) is 30.0 Å². The van der Waals surface area contributed by atoms with Gasteiger partial charge in [0.2, 0.25) is 0 Å². The van der Waals surface area contributed by atoms with Gasteiger partial charge in [-0.2, -0.15) is 0 Å². The van der Waals surface area contributed by atoms with Gasteiger partial charge < -0.3 is 14.6 Å². The molecule has 1 fully saturated rings. The predicted octanol–water partition coefficient (Wildman–Crippen LogP) is 3.03. The standard InChI is InChI=1S/C19H29NO3/c1-12(2)7-14-11-20-6-5-13-8-18(22-3)19(23-4)9-15(13)16(20)10-17(14)21/h8-9,12,14,16-17,21H,5-7,10-11H2,1-4H3/i1D3,4D3,7D2,11D2,12D,16D. The van der Waals surface area contributed by atoms with Gasteiger partial charge in [0.1, 0.15) is 0 Å². The van der Waals surface area contributed by atoms with Crippen molar-refractivity contribution in [3.05, 3.63) is 23.3 Å². The number of methoxy groups -OCH3 is 2. The van der Waals surface area contributed by atoms with Crippen LogP contribution in [0.1, 0.15) is 60.2 Å². The average Bonchev–Trinajstić information content (AvgIpc) is 2.64. The lowest BCUT2D eigenvalue weighted by Gasteiger charge is -2.46. The molecule has 4 atom stereocenters. The smallest absolute Gasteiger partial charge is 0.161 e. The van der Waals surface area contributed by atoms with Crippen LogP contribution in [0, 0.1) is 11.8 Å². The van der Waals surface area contributed by atoms with E-state index >= 15 is 0 Å². The number of benzene rings is 1. The molecule has 0 saturated carbocycles. The highest BCUT2D eigenvalue weighted by molar-refractivity contribution is 5.49. The number of nitrogens with zero attached hydrogens (tertiary/aromatic N) is 1. The van der Waals surface area contributed by atoms with Crippen LogP contribution >= 0.6 is 0 Å². The van der Waals surface area contributed by atoms with Gasteiger partial charge in [-0.05, 0) is 54.3 Å². The fourth-order valence-corrected chi connectivity index (χ4v) is 3.12. The van der Waals surface area contributed by atoms with Gasteiger partial charge in [-0.25, -0.2) is 0 Å². The summed E-state index contributed by atoms with van der Waals surface area (Å²) >= 11 is 0. The van der Waals surface area contributed by atoms with Crippen molar-refractivity contribution in [2.45, 2.75) is 45.1 Å². The molecule has 1 N–H and O–H groups in total. The predicted molar refractivity (Wildman–Crippen MR) is 91.1 cm³/mol. The Hall–Kier alpha value is -1.26. The monoisotopic (exact) mass is 331 g/mol. The largest absolute Gasteiger partial charge is 0.493 e. The van der Waals surface area contributed by atoms with Crippen LogP contribution in [0.15, 0.2) is 12.1 Å². The van der Waals surface area contributed by atoms with Gasteiger partial charge in [-0.1, -0.05) is 13.8 Å². The number of hydrogen-bond acceptors (Lipinski definition) is 4. The molecule has 2 aliphatic heterocycles. The Morgan fingerprint density at radius 3 is 3.13 bits per heavy atom. The molecule has 2 aliphatic rings. The third kappa shape index (κ3) is 3.20. The zero-order valence-electron chi connectivity index (χ0n) is 25.1. The molecule has 128 valence electrons. The van der Waals surface area contributed by atoms with E-state index in [1.807, 2.05) is 0 Å². The molecule has 0 aliphatic carbocycles. The van der Waals surface area contributed by atoms with Crippen LogP contribution in [0.3, 0.4) is 0 Å². The Morgan fingerprint density at radius 1 is 1.57 bits per heavy atom. The summed E-state index contributed by atoms with van der Waals surface area (Å²) in [4.78, 5) is 1.04. The molecular weight excluding hydrogens is 290 g/mol. The molecule has 1 aromatic carbocycles. The highest BCUT2D eigenvalue weighted by Crippen LogP contribution is 2.43. The molecule has 4 nitrogen and oxygen atoms in total. The summed E-state index contributed by atoms with van der Waals surface area (Å²) < 4.78 is 107. The lowest BCUT2D eigenvalue weighted by molar-refractivity contribution is -0.0191. The van der Waals surface area contributed by atoms with Crippen LogP contribution in [0.25, 0.3) is 0 Å². The molecule has 2 heterocycles. The molecule has 4 unspecified atom stereocenters. The fourth-order valence-electron chi connectivity index (χ4n) is 3.12. The summed E-state index contributed by atoms with van der Waals surface area (Å²) in [6.45, 7) is -5.08. The summed E-state index contributed by atoms with van der Waals surface area (Å²) in [5.74, 6) is -4.82. The number of hydrogen-bond donors (Lipinski definition) is 1. The van der Waals surface area contributed by atoms with E-state index in [1.165, 1.54) is 19.2 Å². The topological polar surface area (TPSA) is 41.9 Å². The second kappa shape index (κ2) is 6.70. The van der Waals surface area contributed by atoms with Crippen LogP contribution < -0.4 is 9.47 Å². The summed E-state index contributed by atoms with van der Waals surface area (Å²) in [5.41, 5.74) is 0.707. The van der Waals surface area contributed by atoms with Gasteiger partial charge in [0.15, 0.2) is 11.5 Å². The van der Waals surface area contributed by atoms with E-state index in [-0.39, 0.29) is 30.0 Å². The van der Waals surface area contributed by atoms with Crippen LogP contribution in [0.5, 0.6) is 11.5 Å². The highest BCUT2D eigenvalue weighted by Gasteiger charge is 2.38. The third-order valence-electron chi connectivity index (χ3n) is 4.20. The van der Waals surface area contributed by atoms with Crippen LogP contribution in [0.4, 0.5) is 0 Å². The summed E-state index contributed by atoms with van der Waals surface area (Å²) in [7, 11) is -1.51. The lowest BCUT2D eigenvalue weighted by Crippen LogP contribution is -2.48. The number of piperidine rings is 1. The maximum absolute atomic E-state index is 11.0. The molecular formula is C19H29NO3. The third-order valence-corrected chi connectivity index (χ3v) is 4.20. The van der Waals surface area contributed by atoms with Crippen molar-refractivity contribution in [3.63, 3.8) is 0 Å². The number of fused-ring (bicyclic) bond motifs is 3. The molecule has 0 radical (unpaired) electrons. The molecule has 0 spiro atoms. The normalized spacial score (nSPS) is 44.8. The Morgan fingerprint density at radius 2 is 2.39 bits per heavy atom. The van der Waals surface area contributed by atoms with Crippen LogP contribution in [-0.4, -0.2) is 43.3 Å². The second-order valence-electron chi connectivity index (χ2n) is 5.76. The average molecular weight is 332 g/mol. The first kappa shape index (κ1) is 7.32. The minimum absolute atomic E-state index is 0.0755. The number of aliphatic hydroxyl groups is 1. The zero-order chi connectivity index (χ0) is 27.0. The highest BCUT2D eigenvalue weighted by atomic mass is 16.5. The fraction of sp³-hybridized carbons (Fsp3) is 0.684. The lowest BCUT2D eigenvalue weighted by atomic mass is 9.79. The van der Waals surface area contributed by atoms with E-state index in [1.54, 1.807) is 0 Å². The Balaban J connectivity index is 2.14. The Kier molecular flexibility index (Phi) is 2.13. The molecule has 0 aromatic heterocycles. The summed E-state index contributed by atoms with van der Waals surface area (Å²) in [5, 5.41) is 11.0. The number of rotatable bonds is 4. The molecule has 1 saturated heterocycles. The quantitative estimate of drug-likeness (QED) is 0.921. The van der Waals surface area contributed by atoms with Crippen molar-refractivity contribution in [1.29, 1.82) is 0 Å². The van der Waals surface area contributed by atoms with E-state index in [0.717, 1.165) is 11.8 Å². The Bertz CT molecular complexity index is 977. The van der Waals surface area contributed by atoms with E-state index in [9.17, 15) is 6.48 Å². The van der Waals surface area contributed by atoms with Crippen molar-refractivity contribution in [3.8, 4) is 11.5 Å². The van der Waals surface area contributed by atoms with Gasteiger partial charge >= 0.3 is 0 Å². The molecule has 0 amide bonds. The van der Waals surface area contributed by atoms with Crippen LogP contribution in [0.2, 0.25) is 0 Å². The van der Waals surface area contributed by atoms with E-state index in [2.05, 4.69) is 0 Å². The van der Waals surface area contributed by atoms with E-state index < -0.39 is 57.1 Å². The molecule has 3 rings (SSSR count). The second-order valence-corrected chi connectivity index (χ2v) is 5.76. The van der Waals surface area contributed by atoms with Crippen molar-refractivity contribution in [1.82, 2.24) is 4.90 Å². The molecule has 23 heavy (non-hydrogen) atoms. The first-order chi connectivity index (χ1) is 15.6. The van der Waals surface area contributed by atoms with Crippen molar-refractivity contribution >= 4 is 0 Å². The van der Waals surface area contributed by atoms with Crippen molar-refractivity contribution in [2.75, 3.05) is 27.2 Å². The van der Waals surface area contributed by atoms with E-state index in [0.29, 0.717) is 5.56 Å². The molecule has 0 bridgehead atoms. The maximum Gasteiger partial charge on any atom is 0.161 e.